The molecule has 3 N–H and O–H groups in total. The summed E-state index contributed by atoms with van der Waals surface area (Å²) in [4.78, 5) is 71.8. The van der Waals surface area contributed by atoms with Crippen LogP contribution in [0, 0.1) is 11.8 Å². The Bertz CT molecular complexity index is 1580. The molecular formula is C61H118O17P2. The standard InChI is InChI=1S/C61H118O17P2/c1-7-9-11-13-23-31-37-43-58(63)71-49-56(77-60(65)45-39-33-24-14-12-10-8-2)51-75-79(67,68)73-47-55(62)48-74-80(69,70)76-52-57(50-72-59(64)44-38-32-27-22-18-20-26-30-36-42-54(5)6)78-61(66)46-40-34-28-21-17-15-16-19-25-29-35-41-53(3)4/h53-57,62H,7-52H2,1-6H3,(H,67,68)(H,69,70)/t55-,56+,57+/m0/s1. The smallest absolute Gasteiger partial charge is 0.462 e. The number of phosphoric ester groups is 2. The summed E-state index contributed by atoms with van der Waals surface area (Å²) in [5, 5.41) is 10.5. The maximum Gasteiger partial charge on any atom is 0.472 e. The van der Waals surface area contributed by atoms with Gasteiger partial charge in [-0.15, -0.1) is 0 Å². The van der Waals surface area contributed by atoms with Crippen LogP contribution in [-0.2, 0) is 65.4 Å². The van der Waals surface area contributed by atoms with E-state index in [0.29, 0.717) is 25.7 Å². The van der Waals surface area contributed by atoms with Crippen LogP contribution in [0.15, 0.2) is 0 Å². The van der Waals surface area contributed by atoms with Crippen LogP contribution in [0.4, 0.5) is 0 Å². The first kappa shape index (κ1) is 78.1. The van der Waals surface area contributed by atoms with Crippen molar-refractivity contribution in [3.8, 4) is 0 Å². The summed E-state index contributed by atoms with van der Waals surface area (Å²) in [5.41, 5.74) is 0. The van der Waals surface area contributed by atoms with E-state index >= 15 is 0 Å². The van der Waals surface area contributed by atoms with E-state index in [-0.39, 0.29) is 25.7 Å². The van der Waals surface area contributed by atoms with Crippen molar-refractivity contribution in [2.75, 3.05) is 39.6 Å². The van der Waals surface area contributed by atoms with E-state index in [1.54, 1.807) is 0 Å². The number of hydrogen-bond acceptors (Lipinski definition) is 15. The SMILES string of the molecule is CCCCCCCCCC(=O)OC[C@H](COP(=O)(O)OC[C@H](O)COP(=O)(O)OC[C@@H](COC(=O)CCCCCCCCCCCC(C)C)OC(=O)CCCCCCCCCCCCCC(C)C)OC(=O)CCCCCCCCC. The summed E-state index contributed by atoms with van der Waals surface area (Å²) in [6.45, 7) is 9.37. The van der Waals surface area contributed by atoms with Gasteiger partial charge in [0, 0.05) is 25.7 Å². The van der Waals surface area contributed by atoms with E-state index in [1.807, 2.05) is 0 Å². The summed E-state index contributed by atoms with van der Waals surface area (Å²) in [6.07, 6.45) is 35.1. The third kappa shape index (κ3) is 55.3. The molecular weight excluding hydrogens is 1070 g/mol. The number of unbranched alkanes of at least 4 members (excludes halogenated alkanes) is 30. The van der Waals surface area contributed by atoms with Crippen molar-refractivity contribution < 1.29 is 80.2 Å². The molecule has 0 aromatic carbocycles. The third-order valence-corrected chi connectivity index (χ3v) is 15.9. The zero-order chi connectivity index (χ0) is 59.4. The second kappa shape index (κ2) is 53.8. The normalized spacial score (nSPS) is 14.4. The van der Waals surface area contributed by atoms with Gasteiger partial charge in [0.1, 0.15) is 19.3 Å². The Kier molecular flexibility index (Phi) is 52.5. The monoisotopic (exact) mass is 1180 g/mol. The highest BCUT2D eigenvalue weighted by atomic mass is 31.2. The fourth-order valence-electron chi connectivity index (χ4n) is 9.00. The molecule has 0 aliphatic heterocycles. The molecule has 5 atom stereocenters. The van der Waals surface area contributed by atoms with Crippen LogP contribution < -0.4 is 0 Å². The maximum atomic E-state index is 12.9. The highest BCUT2D eigenvalue weighted by molar-refractivity contribution is 7.47. The number of carbonyl (C=O) groups excluding carboxylic acids is 4. The van der Waals surface area contributed by atoms with Gasteiger partial charge in [-0.1, -0.05) is 247 Å². The van der Waals surface area contributed by atoms with E-state index in [9.17, 15) is 43.2 Å². The van der Waals surface area contributed by atoms with Gasteiger partial charge in [-0.05, 0) is 37.5 Å². The lowest BCUT2D eigenvalue weighted by Crippen LogP contribution is -2.30. The van der Waals surface area contributed by atoms with Gasteiger partial charge < -0.3 is 33.8 Å². The fourth-order valence-corrected chi connectivity index (χ4v) is 10.6. The van der Waals surface area contributed by atoms with E-state index < -0.39 is 97.5 Å². The number of phosphoric acid groups is 2. The first-order valence-corrected chi connectivity index (χ1v) is 35.0. The number of carbonyl (C=O) groups is 4. The number of aliphatic hydroxyl groups is 1. The maximum absolute atomic E-state index is 12.9. The van der Waals surface area contributed by atoms with Crippen LogP contribution >= 0.6 is 15.6 Å². The minimum Gasteiger partial charge on any atom is -0.462 e. The second-order valence-electron chi connectivity index (χ2n) is 23.0. The van der Waals surface area contributed by atoms with E-state index in [0.717, 1.165) is 127 Å². The quantitative estimate of drug-likeness (QED) is 0.0222. The summed E-state index contributed by atoms with van der Waals surface area (Å²) in [5.74, 6) is -0.637. The minimum atomic E-state index is -4.94. The second-order valence-corrected chi connectivity index (χ2v) is 25.9. The summed E-state index contributed by atoms with van der Waals surface area (Å²) < 4.78 is 67.7. The average Bonchev–Trinajstić information content (AvgIpc) is 3.41. The van der Waals surface area contributed by atoms with Crippen molar-refractivity contribution in [3.63, 3.8) is 0 Å². The zero-order valence-corrected chi connectivity index (χ0v) is 53.2. The average molecular weight is 1190 g/mol. The van der Waals surface area contributed by atoms with Crippen molar-refractivity contribution in [3.05, 3.63) is 0 Å². The third-order valence-electron chi connectivity index (χ3n) is 14.0. The van der Waals surface area contributed by atoms with Gasteiger partial charge >= 0.3 is 39.5 Å². The predicted molar refractivity (Wildman–Crippen MR) is 317 cm³/mol. The first-order chi connectivity index (χ1) is 38.4. The Morgan fingerprint density at radius 2 is 0.575 bits per heavy atom. The molecule has 0 heterocycles. The Labute approximate surface area is 486 Å². The van der Waals surface area contributed by atoms with Gasteiger partial charge in [-0.3, -0.25) is 37.3 Å². The molecule has 0 spiro atoms. The van der Waals surface area contributed by atoms with Gasteiger partial charge in [0.2, 0.25) is 0 Å². The number of rotatable bonds is 60. The molecule has 0 rings (SSSR count). The van der Waals surface area contributed by atoms with Gasteiger partial charge in [-0.25, -0.2) is 9.13 Å². The molecule has 80 heavy (non-hydrogen) atoms. The summed E-state index contributed by atoms with van der Waals surface area (Å²) >= 11 is 0. The molecule has 474 valence electrons. The Hall–Kier alpha value is -1.94. The van der Waals surface area contributed by atoms with Crippen molar-refractivity contribution in [2.45, 2.75) is 317 Å². The predicted octanol–water partition coefficient (Wildman–Crippen LogP) is 16.5. The Morgan fingerprint density at radius 1 is 0.338 bits per heavy atom. The number of esters is 4. The van der Waals surface area contributed by atoms with E-state index in [4.69, 9.17) is 37.0 Å². The molecule has 17 nitrogen and oxygen atoms in total. The van der Waals surface area contributed by atoms with Gasteiger partial charge in [0.25, 0.3) is 0 Å². The van der Waals surface area contributed by atoms with Crippen molar-refractivity contribution in [1.82, 2.24) is 0 Å². The molecule has 0 amide bonds. The van der Waals surface area contributed by atoms with Crippen LogP contribution in [0.2, 0.25) is 0 Å². The van der Waals surface area contributed by atoms with E-state index in [1.165, 1.54) is 89.9 Å². The Morgan fingerprint density at radius 3 is 0.850 bits per heavy atom. The molecule has 0 aromatic heterocycles. The lowest BCUT2D eigenvalue weighted by atomic mass is 10.0. The molecule has 0 aliphatic carbocycles. The number of ether oxygens (including phenoxy) is 4. The van der Waals surface area contributed by atoms with Crippen molar-refractivity contribution in [1.29, 1.82) is 0 Å². The molecule has 0 aromatic rings. The highest BCUT2D eigenvalue weighted by Gasteiger charge is 2.30. The fraction of sp³-hybridized carbons (Fsp3) is 0.934. The van der Waals surface area contributed by atoms with Crippen LogP contribution in [0.5, 0.6) is 0 Å². The van der Waals surface area contributed by atoms with Gasteiger partial charge in [-0.2, -0.15) is 0 Å². The van der Waals surface area contributed by atoms with Crippen molar-refractivity contribution in [2.24, 2.45) is 11.8 Å². The molecule has 0 radical (unpaired) electrons. The lowest BCUT2D eigenvalue weighted by Gasteiger charge is -2.21. The number of aliphatic hydroxyl groups excluding tert-OH is 1. The molecule has 0 aliphatic rings. The van der Waals surface area contributed by atoms with Crippen LogP contribution in [0.1, 0.15) is 298 Å². The van der Waals surface area contributed by atoms with Crippen LogP contribution in [0.25, 0.3) is 0 Å². The number of hydrogen-bond donors (Lipinski definition) is 3. The largest absolute Gasteiger partial charge is 0.472 e. The van der Waals surface area contributed by atoms with E-state index in [2.05, 4.69) is 41.5 Å². The lowest BCUT2D eigenvalue weighted by molar-refractivity contribution is -0.161. The van der Waals surface area contributed by atoms with Gasteiger partial charge in [0.05, 0.1) is 26.4 Å². The molecule has 0 fully saturated rings. The van der Waals surface area contributed by atoms with Crippen LogP contribution in [-0.4, -0.2) is 96.7 Å². The summed E-state index contributed by atoms with van der Waals surface area (Å²) in [6, 6.07) is 0. The van der Waals surface area contributed by atoms with Gasteiger partial charge in [0.15, 0.2) is 12.2 Å². The Balaban J connectivity index is 5.19. The van der Waals surface area contributed by atoms with Crippen LogP contribution in [0.3, 0.4) is 0 Å². The van der Waals surface area contributed by atoms with Crippen molar-refractivity contribution >= 4 is 39.5 Å². The molecule has 0 saturated heterocycles. The minimum absolute atomic E-state index is 0.103. The zero-order valence-electron chi connectivity index (χ0n) is 51.4. The molecule has 19 heteroatoms. The first-order valence-electron chi connectivity index (χ1n) is 32.0. The molecule has 0 bridgehead atoms. The highest BCUT2D eigenvalue weighted by Crippen LogP contribution is 2.45. The topological polar surface area (TPSA) is 237 Å². The summed E-state index contributed by atoms with van der Waals surface area (Å²) in [7, 11) is -9.87. The molecule has 0 saturated carbocycles. The molecule has 2 unspecified atom stereocenters.